The molecule has 2 N–H and O–H groups in total. The Bertz CT molecular complexity index is 142. The van der Waals surface area contributed by atoms with E-state index in [0.717, 1.165) is 0 Å². The third kappa shape index (κ3) is 5.92. The van der Waals surface area contributed by atoms with Crippen molar-refractivity contribution in [1.29, 1.82) is 0 Å². The average molecular weight is 364 g/mol. The fourth-order valence-electron chi connectivity index (χ4n) is 0.258. The summed E-state index contributed by atoms with van der Waals surface area (Å²) in [6, 6.07) is 0. The molecular weight excluding hydrogens is 360 g/mol. The van der Waals surface area contributed by atoms with E-state index in [4.69, 9.17) is 10.2 Å². The molecule has 78 valence electrons. The first kappa shape index (κ1) is 18.2. The predicted molar refractivity (Wildman–Crippen MR) is 22.0 cm³/mol. The number of carbonyl (C=O) groups is 2. The van der Waals surface area contributed by atoms with Crippen LogP contribution in [0.15, 0.2) is 0 Å². The van der Waals surface area contributed by atoms with E-state index in [0.29, 0.717) is 0 Å². The smallest absolute Gasteiger partial charge is 0.547 e. The van der Waals surface area contributed by atoms with Crippen molar-refractivity contribution in [3.63, 3.8) is 0 Å². The minimum absolute atomic E-state index is 0. The van der Waals surface area contributed by atoms with Crippen molar-refractivity contribution in [2.45, 2.75) is 12.2 Å². The molecule has 2 unspecified atom stereocenters. The first-order chi connectivity index (χ1) is 4.46. The van der Waals surface area contributed by atoms with Gasteiger partial charge in [0.2, 0.25) is 0 Å². The van der Waals surface area contributed by atoms with Gasteiger partial charge in [-0.05, 0) is 0 Å². The van der Waals surface area contributed by atoms with Gasteiger partial charge in [0.05, 0.1) is 11.9 Å². The average Bonchev–Trinajstić information content (AvgIpc) is 1.84. The van der Waals surface area contributed by atoms with Gasteiger partial charge in [0.1, 0.15) is 12.2 Å². The SMILES string of the molecule is O=C([O-])C(O)C(O)C(=O)[O-].[Ag+].[Ag+]. The van der Waals surface area contributed by atoms with Gasteiger partial charge in [-0.2, -0.15) is 0 Å². The van der Waals surface area contributed by atoms with Gasteiger partial charge in [-0.25, -0.2) is 0 Å². The molecule has 0 radical (unpaired) electrons. The molecule has 12 heavy (non-hydrogen) atoms. The molecule has 0 rings (SSSR count). The summed E-state index contributed by atoms with van der Waals surface area (Å²) < 4.78 is 0. The maximum atomic E-state index is 9.63. The Morgan fingerprint density at radius 3 is 1.17 bits per heavy atom. The Hall–Kier alpha value is 0.341. The van der Waals surface area contributed by atoms with Crippen LogP contribution in [0.2, 0.25) is 0 Å². The van der Waals surface area contributed by atoms with Gasteiger partial charge < -0.3 is 30.0 Å². The molecule has 0 aromatic carbocycles. The van der Waals surface area contributed by atoms with Gasteiger partial charge in [0, 0.05) is 0 Å². The Balaban J connectivity index is -0.000000405. The molecule has 0 amide bonds. The summed E-state index contributed by atoms with van der Waals surface area (Å²) in [6.45, 7) is 0. The zero-order valence-electron chi connectivity index (χ0n) is 5.29. The van der Waals surface area contributed by atoms with E-state index in [1.165, 1.54) is 0 Å². The first-order valence-electron chi connectivity index (χ1n) is 2.24. The molecule has 0 saturated heterocycles. The summed E-state index contributed by atoms with van der Waals surface area (Å²) in [5.41, 5.74) is 0. The van der Waals surface area contributed by atoms with Crippen LogP contribution in [-0.2, 0) is 54.3 Å². The molecule has 6 nitrogen and oxygen atoms in total. The predicted octanol–water partition coefficient (Wildman–Crippen LogP) is -4.80. The zero-order chi connectivity index (χ0) is 8.31. The van der Waals surface area contributed by atoms with E-state index < -0.39 is 24.1 Å². The van der Waals surface area contributed by atoms with E-state index in [1.54, 1.807) is 0 Å². The maximum Gasteiger partial charge on any atom is 1.00 e. The molecule has 0 aliphatic rings. The first-order valence-corrected chi connectivity index (χ1v) is 2.24. The molecule has 8 heteroatoms. The van der Waals surface area contributed by atoms with Crippen LogP contribution in [0.4, 0.5) is 0 Å². The van der Waals surface area contributed by atoms with Crippen LogP contribution in [0.25, 0.3) is 0 Å². The van der Waals surface area contributed by atoms with Gasteiger partial charge in [0.15, 0.2) is 0 Å². The van der Waals surface area contributed by atoms with Gasteiger partial charge in [-0.1, -0.05) is 0 Å². The Kier molecular flexibility index (Phi) is 12.1. The Labute approximate surface area is 98.6 Å². The minimum Gasteiger partial charge on any atom is -0.547 e. The number of carboxylic acid groups (broad SMARTS) is 2. The van der Waals surface area contributed by atoms with E-state index in [1.807, 2.05) is 0 Å². The van der Waals surface area contributed by atoms with E-state index in [9.17, 15) is 19.8 Å². The molecule has 0 fully saturated rings. The van der Waals surface area contributed by atoms with E-state index >= 15 is 0 Å². The van der Waals surface area contributed by atoms with Crippen LogP contribution in [-0.4, -0.2) is 34.4 Å². The normalized spacial score (nSPS) is 13.2. The number of carbonyl (C=O) groups excluding carboxylic acids is 2. The molecule has 0 bridgehead atoms. The monoisotopic (exact) mass is 362 g/mol. The second kappa shape index (κ2) is 7.96. The summed E-state index contributed by atoms with van der Waals surface area (Å²) in [6.07, 6.45) is -4.88. The van der Waals surface area contributed by atoms with Crippen molar-refractivity contribution < 1.29 is 74.8 Å². The van der Waals surface area contributed by atoms with Gasteiger partial charge >= 0.3 is 44.8 Å². The molecular formula is C4H4Ag2O6. The van der Waals surface area contributed by atoms with Crippen LogP contribution in [0.1, 0.15) is 0 Å². The third-order valence-corrected chi connectivity index (χ3v) is 0.782. The number of aliphatic carboxylic acids is 2. The van der Waals surface area contributed by atoms with Crippen molar-refractivity contribution in [1.82, 2.24) is 0 Å². The number of rotatable bonds is 3. The van der Waals surface area contributed by atoms with Gasteiger partial charge in [-0.3, -0.25) is 0 Å². The Morgan fingerprint density at radius 1 is 0.917 bits per heavy atom. The largest absolute Gasteiger partial charge is 1.00 e. The molecule has 0 aliphatic carbocycles. The standard InChI is InChI=1S/C4H6O6.2Ag/c5-1(3(7)8)2(6)4(9)10;;/h1-2,5-6H,(H,7,8)(H,9,10);;/q;2*+1/p-2. The summed E-state index contributed by atoms with van der Waals surface area (Å²) in [7, 11) is 0. The molecule has 0 aromatic rings. The summed E-state index contributed by atoms with van der Waals surface area (Å²) in [5.74, 6) is -4.12. The van der Waals surface area contributed by atoms with Gasteiger partial charge in [0.25, 0.3) is 0 Å². The number of hydrogen-bond acceptors (Lipinski definition) is 6. The van der Waals surface area contributed by atoms with Crippen LogP contribution in [0, 0.1) is 0 Å². The van der Waals surface area contributed by atoms with Crippen LogP contribution in [0.5, 0.6) is 0 Å². The molecule has 0 heterocycles. The van der Waals surface area contributed by atoms with Gasteiger partial charge in [-0.15, -0.1) is 0 Å². The third-order valence-electron chi connectivity index (χ3n) is 0.782. The van der Waals surface area contributed by atoms with Crippen LogP contribution in [0.3, 0.4) is 0 Å². The van der Waals surface area contributed by atoms with Crippen molar-refractivity contribution >= 4 is 11.9 Å². The summed E-state index contributed by atoms with van der Waals surface area (Å²) in [5, 5.41) is 35.7. The topological polar surface area (TPSA) is 121 Å². The molecule has 0 aliphatic heterocycles. The van der Waals surface area contributed by atoms with Crippen LogP contribution < -0.4 is 10.2 Å². The molecule has 0 spiro atoms. The van der Waals surface area contributed by atoms with Crippen molar-refractivity contribution in [2.24, 2.45) is 0 Å². The second-order valence-corrected chi connectivity index (χ2v) is 1.53. The second-order valence-electron chi connectivity index (χ2n) is 1.53. The van der Waals surface area contributed by atoms with E-state index in [-0.39, 0.29) is 44.8 Å². The number of hydrogen-bond donors (Lipinski definition) is 2. The molecule has 0 aromatic heterocycles. The van der Waals surface area contributed by atoms with Crippen molar-refractivity contribution in [3.8, 4) is 0 Å². The summed E-state index contributed by atoms with van der Waals surface area (Å²) in [4.78, 5) is 19.3. The van der Waals surface area contributed by atoms with Crippen molar-refractivity contribution in [3.05, 3.63) is 0 Å². The number of carboxylic acids is 2. The quantitative estimate of drug-likeness (QED) is 0.485. The Morgan fingerprint density at radius 2 is 1.08 bits per heavy atom. The maximum absolute atomic E-state index is 9.63. The molecule has 2 atom stereocenters. The van der Waals surface area contributed by atoms with E-state index in [2.05, 4.69) is 0 Å². The molecule has 0 saturated carbocycles. The van der Waals surface area contributed by atoms with Crippen LogP contribution >= 0.6 is 0 Å². The number of aliphatic hydroxyl groups is 2. The minimum atomic E-state index is -2.44. The fraction of sp³-hybridized carbons (Fsp3) is 0.500. The number of aliphatic hydroxyl groups excluding tert-OH is 2. The zero-order valence-corrected chi connectivity index (χ0v) is 8.25. The summed E-state index contributed by atoms with van der Waals surface area (Å²) >= 11 is 0. The van der Waals surface area contributed by atoms with Crippen molar-refractivity contribution in [2.75, 3.05) is 0 Å². The fourth-order valence-corrected chi connectivity index (χ4v) is 0.258.